The van der Waals surface area contributed by atoms with Gasteiger partial charge in [-0.2, -0.15) is 0 Å². The van der Waals surface area contributed by atoms with Gasteiger partial charge in [0, 0.05) is 19.3 Å². The molecule has 4 N–H and O–H groups in total. The van der Waals surface area contributed by atoms with Gasteiger partial charge >= 0.3 is 33.6 Å². The van der Waals surface area contributed by atoms with Crippen molar-refractivity contribution in [1.29, 1.82) is 0 Å². The summed E-state index contributed by atoms with van der Waals surface area (Å²) in [6.45, 7) is 2.54. The Hall–Kier alpha value is -4.31. The molecule has 0 amide bonds. The Bertz CT molecular complexity index is 2440. The molecule has 0 aliphatic rings. The summed E-state index contributed by atoms with van der Waals surface area (Å²) in [5.41, 5.74) is 0. The smallest absolute Gasteiger partial charge is 0.463 e. The lowest BCUT2D eigenvalue weighted by atomic mass is 10.0. The molecular weight excluding hydrogens is 1360 g/mol. The number of carbonyl (C=O) groups is 3. The molecule has 0 aromatic carbocycles. The highest BCUT2D eigenvalue weighted by Gasteiger charge is 2.29. The summed E-state index contributed by atoms with van der Waals surface area (Å²) < 4.78 is 61.2. The maximum Gasteiger partial charge on any atom is 0.472 e. The van der Waals surface area contributed by atoms with E-state index in [2.05, 4.69) is 154 Å². The fraction of sp³-hybridized carbons (Fsp3) is 0.713. The molecule has 0 radical (unpaired) electrons. The van der Waals surface area contributed by atoms with Crippen LogP contribution >= 0.6 is 15.6 Å². The second kappa shape index (κ2) is 79.2. The Balaban J connectivity index is 4.58. The highest BCUT2D eigenvalue weighted by atomic mass is 31.2. The number of allylic oxidation sites excluding steroid dienone is 22. The number of hydrogen-bond acceptors (Lipinski definition) is 14. The molecule has 0 saturated heterocycles. The van der Waals surface area contributed by atoms with Crippen molar-refractivity contribution in [2.75, 3.05) is 39.6 Å². The highest BCUT2D eigenvalue weighted by molar-refractivity contribution is 7.47. The molecular formula is C87H150O16P2. The molecule has 18 heteroatoms. The molecule has 0 heterocycles. The summed E-state index contributed by atoms with van der Waals surface area (Å²) in [6, 6.07) is 0. The Morgan fingerprint density at radius 1 is 0.276 bits per heavy atom. The molecule has 0 bridgehead atoms. The van der Waals surface area contributed by atoms with E-state index in [1.807, 2.05) is 0 Å². The Morgan fingerprint density at radius 2 is 0.505 bits per heavy atom. The normalized spacial score (nSPS) is 14.6. The number of unbranched alkanes of at least 4 members (excludes halogenated alkanes) is 33. The van der Waals surface area contributed by atoms with Crippen molar-refractivity contribution in [3.8, 4) is 0 Å². The first-order chi connectivity index (χ1) is 51.2. The van der Waals surface area contributed by atoms with Gasteiger partial charge < -0.3 is 34.2 Å². The van der Waals surface area contributed by atoms with Crippen LogP contribution in [0.4, 0.5) is 0 Å². The molecule has 5 unspecified atom stereocenters. The highest BCUT2D eigenvalue weighted by Crippen LogP contribution is 2.45. The van der Waals surface area contributed by atoms with Crippen LogP contribution in [0.5, 0.6) is 0 Å². The van der Waals surface area contributed by atoms with Crippen molar-refractivity contribution in [2.45, 2.75) is 360 Å². The van der Waals surface area contributed by atoms with E-state index in [0.717, 1.165) is 161 Å². The van der Waals surface area contributed by atoms with Crippen LogP contribution < -0.4 is 0 Å². The second-order valence-electron chi connectivity index (χ2n) is 27.5. The molecule has 604 valence electrons. The molecule has 0 spiro atoms. The van der Waals surface area contributed by atoms with Crippen LogP contribution in [0.1, 0.15) is 342 Å². The van der Waals surface area contributed by atoms with E-state index in [9.17, 15) is 43.5 Å². The fourth-order valence-corrected chi connectivity index (χ4v) is 12.6. The lowest BCUT2D eigenvalue weighted by Crippen LogP contribution is -2.30. The van der Waals surface area contributed by atoms with Gasteiger partial charge in [-0.3, -0.25) is 32.5 Å². The maximum atomic E-state index is 13.0. The number of aliphatic hydroxyl groups excluding tert-OH is 2. The quantitative estimate of drug-likeness (QED) is 0.0146. The monoisotopic (exact) mass is 1510 g/mol. The molecule has 0 aromatic rings. The topological polar surface area (TPSA) is 231 Å². The minimum Gasteiger partial charge on any atom is -0.463 e. The van der Waals surface area contributed by atoms with Gasteiger partial charge in [0.2, 0.25) is 0 Å². The van der Waals surface area contributed by atoms with E-state index in [-0.39, 0.29) is 19.3 Å². The number of rotatable bonds is 78. The summed E-state index contributed by atoms with van der Waals surface area (Å²) in [5.74, 6) is -1.59. The zero-order chi connectivity index (χ0) is 76.6. The molecule has 0 aliphatic carbocycles. The van der Waals surface area contributed by atoms with Gasteiger partial charge in [0.05, 0.1) is 26.4 Å². The average Bonchev–Trinajstić information content (AvgIpc) is 0.942. The van der Waals surface area contributed by atoms with Crippen molar-refractivity contribution < 1.29 is 75.8 Å². The van der Waals surface area contributed by atoms with E-state index in [4.69, 9.17) is 32.3 Å². The number of phosphoric acid groups is 2. The minimum absolute atomic E-state index is 0.0929. The summed E-state index contributed by atoms with van der Waals surface area (Å²) >= 11 is 0. The third-order valence-corrected chi connectivity index (χ3v) is 19.2. The summed E-state index contributed by atoms with van der Waals surface area (Å²) in [6.07, 6.45) is 96.3. The SMILES string of the molecule is CC/C=C\C/C=C\C/C=C\C/C=C\C/C=C\C/C=C\CCCCCCCCCCC(=O)OCC(O)COP(=O)(O)OCC(O)COP(=O)(O)OCC(COC(=O)CCCCCCCCCCCCC/C=C\C/C=C\C/C=C\C/C=C\CCCCC)OC(=O)CCCCCCC/C=C\CCCCCCCC. The van der Waals surface area contributed by atoms with E-state index >= 15 is 0 Å². The number of carbonyl (C=O) groups excluding carboxylic acids is 3. The lowest BCUT2D eigenvalue weighted by Gasteiger charge is -2.21. The van der Waals surface area contributed by atoms with Crippen molar-refractivity contribution >= 4 is 33.6 Å². The second-order valence-corrected chi connectivity index (χ2v) is 30.4. The van der Waals surface area contributed by atoms with Crippen molar-refractivity contribution in [1.82, 2.24) is 0 Å². The Labute approximate surface area is 639 Å². The van der Waals surface area contributed by atoms with Gasteiger partial charge in [0.1, 0.15) is 25.4 Å². The van der Waals surface area contributed by atoms with Crippen LogP contribution in [0, 0.1) is 0 Å². The molecule has 0 fully saturated rings. The standard InChI is InChI=1S/C87H150O16P2/c1-4-7-10-13-16-19-22-25-28-30-32-34-36-38-40-42-44-46-48-50-53-55-58-61-64-67-70-73-85(90)97-76-82(88)77-99-104(93,94)100-78-83(89)79-101-105(95,96)102-81-84(103-87(92)75-72-69-66-63-60-57-52-27-24-21-18-15-12-9-6-3)80-98-86(91)74-71-68-65-62-59-56-54-51-49-47-45-43-41-39-37-35-33-31-29-26-23-20-17-14-11-8-5-2/h7,10,16-17,19-20,25-29,32-35,38-41,44,46,52,82-84,88-89H,4-6,8-9,11-15,18,21-24,30-31,36-37,42-43,45,47-51,53-81H2,1-3H3,(H,93,94)(H,95,96)/b10-7-,19-16-,20-17-,28-25-,29-26-,34-32-,35-33-,40-38-,41-39-,46-44-,52-27-. The van der Waals surface area contributed by atoms with Gasteiger partial charge in [0.15, 0.2) is 6.10 Å². The number of esters is 3. The molecule has 105 heavy (non-hydrogen) atoms. The first-order valence-corrected chi connectivity index (χ1v) is 44.5. The minimum atomic E-state index is -4.94. The first kappa shape index (κ1) is 101. The fourth-order valence-electron chi connectivity index (χ4n) is 11.0. The van der Waals surface area contributed by atoms with E-state index < -0.39 is 91.5 Å². The van der Waals surface area contributed by atoms with Crippen LogP contribution in [0.3, 0.4) is 0 Å². The molecule has 5 atom stereocenters. The van der Waals surface area contributed by atoms with Gasteiger partial charge in [0.25, 0.3) is 0 Å². The number of aliphatic hydroxyl groups is 2. The van der Waals surface area contributed by atoms with Crippen LogP contribution in [-0.4, -0.2) is 95.9 Å². The molecule has 0 aromatic heterocycles. The molecule has 16 nitrogen and oxygen atoms in total. The molecule has 0 aliphatic heterocycles. The van der Waals surface area contributed by atoms with Crippen molar-refractivity contribution in [2.24, 2.45) is 0 Å². The van der Waals surface area contributed by atoms with Crippen molar-refractivity contribution in [3.05, 3.63) is 134 Å². The van der Waals surface area contributed by atoms with E-state index in [1.165, 1.54) is 122 Å². The van der Waals surface area contributed by atoms with Crippen molar-refractivity contribution in [3.63, 3.8) is 0 Å². The maximum absolute atomic E-state index is 13.0. The Kier molecular flexibility index (Phi) is 76.0. The first-order valence-electron chi connectivity index (χ1n) is 41.5. The predicted molar refractivity (Wildman–Crippen MR) is 436 cm³/mol. The van der Waals surface area contributed by atoms with Gasteiger partial charge in [-0.15, -0.1) is 0 Å². The third-order valence-electron chi connectivity index (χ3n) is 17.3. The number of phosphoric ester groups is 2. The van der Waals surface area contributed by atoms with Crippen LogP contribution in [0.2, 0.25) is 0 Å². The van der Waals surface area contributed by atoms with Crippen LogP contribution in [0.15, 0.2) is 134 Å². The summed E-state index contributed by atoms with van der Waals surface area (Å²) in [5, 5.41) is 20.7. The Morgan fingerprint density at radius 3 is 0.829 bits per heavy atom. The largest absolute Gasteiger partial charge is 0.472 e. The number of hydrogen-bond donors (Lipinski definition) is 4. The number of ether oxygens (including phenoxy) is 3. The lowest BCUT2D eigenvalue weighted by molar-refractivity contribution is -0.161. The van der Waals surface area contributed by atoms with Gasteiger partial charge in [-0.1, -0.05) is 315 Å². The average molecular weight is 1510 g/mol. The molecule has 0 rings (SSSR count). The van der Waals surface area contributed by atoms with Crippen LogP contribution in [0.25, 0.3) is 0 Å². The third kappa shape index (κ3) is 80.5. The predicted octanol–water partition coefficient (Wildman–Crippen LogP) is 24.7. The van der Waals surface area contributed by atoms with Gasteiger partial charge in [-0.05, 0) is 141 Å². The van der Waals surface area contributed by atoms with E-state index in [0.29, 0.717) is 19.3 Å². The van der Waals surface area contributed by atoms with Crippen LogP contribution in [-0.2, 0) is 55.8 Å². The molecule has 0 saturated carbocycles. The summed E-state index contributed by atoms with van der Waals surface area (Å²) in [7, 11) is -9.80. The van der Waals surface area contributed by atoms with Gasteiger partial charge in [-0.25, -0.2) is 9.13 Å². The summed E-state index contributed by atoms with van der Waals surface area (Å²) in [4.78, 5) is 58.7. The zero-order valence-electron chi connectivity index (χ0n) is 66.1. The zero-order valence-corrected chi connectivity index (χ0v) is 67.9. The van der Waals surface area contributed by atoms with E-state index in [1.54, 1.807) is 0 Å².